The van der Waals surface area contributed by atoms with Crippen LogP contribution in [-0.2, 0) is 40.3 Å². The summed E-state index contributed by atoms with van der Waals surface area (Å²) in [5.74, 6) is -1.41. The third-order valence-electron chi connectivity index (χ3n) is 6.05. The topological polar surface area (TPSA) is 126 Å². The first-order valence-corrected chi connectivity index (χ1v) is 14.1. The lowest BCUT2D eigenvalue weighted by Crippen LogP contribution is -2.55. The lowest BCUT2D eigenvalue weighted by atomic mass is 10.2. The van der Waals surface area contributed by atoms with E-state index in [1.807, 2.05) is 0 Å². The Morgan fingerprint density at radius 1 is 1.31 bits per heavy atom. The fourth-order valence-electron chi connectivity index (χ4n) is 3.98. The maximum absolute atomic E-state index is 13.0. The van der Waals surface area contributed by atoms with Crippen molar-refractivity contribution in [1.82, 2.24) is 19.4 Å². The van der Waals surface area contributed by atoms with Crippen molar-refractivity contribution < 1.29 is 32.3 Å². The van der Waals surface area contributed by atoms with Gasteiger partial charge in [0.2, 0.25) is 27.7 Å². The number of rotatable bonds is 11. The molecule has 2 aliphatic rings. The first-order valence-electron chi connectivity index (χ1n) is 11.3. The van der Waals surface area contributed by atoms with Crippen molar-refractivity contribution in [2.45, 2.75) is 24.9 Å². The number of nitrogens with one attached hydrogen (secondary N) is 1. The van der Waals surface area contributed by atoms with Gasteiger partial charge in [0.05, 0.1) is 42.5 Å². The quantitative estimate of drug-likeness (QED) is 0.401. The Bertz CT molecular complexity index is 1010. The molecule has 2 fully saturated rings. The Morgan fingerprint density at radius 3 is 2.66 bits per heavy atom. The molecule has 196 valence electrons. The highest BCUT2D eigenvalue weighted by Gasteiger charge is 2.40. The van der Waals surface area contributed by atoms with Crippen molar-refractivity contribution in [3.63, 3.8) is 0 Å². The third kappa shape index (κ3) is 7.14. The fraction of sp³-hybridized carbons (Fsp3) is 0.667. The minimum atomic E-state index is -3.83. The summed E-state index contributed by atoms with van der Waals surface area (Å²) in [6.45, 7) is 1.87. The van der Waals surface area contributed by atoms with Crippen molar-refractivity contribution >= 4 is 50.7 Å². The van der Waals surface area contributed by atoms with Gasteiger partial charge in [-0.25, -0.2) is 12.7 Å². The van der Waals surface area contributed by atoms with E-state index in [0.29, 0.717) is 47.9 Å². The number of sulfonamides is 1. The van der Waals surface area contributed by atoms with Gasteiger partial charge in [0.25, 0.3) is 0 Å². The largest absolute Gasteiger partial charge is 0.382 e. The molecule has 1 aromatic rings. The summed E-state index contributed by atoms with van der Waals surface area (Å²) in [7, 11) is -1.15. The maximum atomic E-state index is 13.0. The number of amides is 3. The number of hydrogen-bond acceptors (Lipinski definition) is 9. The van der Waals surface area contributed by atoms with Gasteiger partial charge in [-0.1, -0.05) is 11.6 Å². The number of likely N-dealkylation sites (N-methyl/N-ethyl adjacent to an activating group) is 1. The molecule has 0 aromatic carbocycles. The zero-order valence-electron chi connectivity index (χ0n) is 19.8. The van der Waals surface area contributed by atoms with Crippen LogP contribution >= 0.6 is 22.9 Å². The number of likely N-dealkylation sites (tertiary alicyclic amines) is 1. The second-order valence-electron chi connectivity index (χ2n) is 8.30. The second kappa shape index (κ2) is 12.5. The summed E-state index contributed by atoms with van der Waals surface area (Å²) in [5.41, 5.74) is 0. The van der Waals surface area contributed by atoms with E-state index >= 15 is 0 Å². The molecule has 2 atom stereocenters. The Morgan fingerprint density at radius 2 is 2.03 bits per heavy atom. The van der Waals surface area contributed by atoms with Crippen molar-refractivity contribution in [3.05, 3.63) is 21.3 Å². The number of hydrogen-bond donors (Lipinski definition) is 1. The van der Waals surface area contributed by atoms with Gasteiger partial charge in [-0.3, -0.25) is 19.7 Å². The molecule has 3 heterocycles. The van der Waals surface area contributed by atoms with Crippen LogP contribution in [0.2, 0.25) is 4.34 Å². The maximum Gasteiger partial charge on any atom is 0.249 e. The number of halogens is 1. The van der Waals surface area contributed by atoms with Crippen molar-refractivity contribution in [2.75, 3.05) is 65.9 Å². The van der Waals surface area contributed by atoms with E-state index in [1.54, 1.807) is 17.0 Å². The Kier molecular flexibility index (Phi) is 9.90. The van der Waals surface area contributed by atoms with Crippen LogP contribution in [0.1, 0.15) is 11.3 Å². The zero-order valence-corrected chi connectivity index (χ0v) is 22.2. The van der Waals surface area contributed by atoms with Crippen molar-refractivity contribution in [3.8, 4) is 0 Å². The standard InChI is InChI=1S/C21H31ClN4O7S2/c1-24(35(30,31)12-6-15-3-4-18(22)34-15)19(27)13-23-16-5-7-26(20(16)28)17(14-32-2)21(29)25-8-10-33-11-9-25/h3-4,16-17,23H,5-14H2,1-2H3/t16-,17-/m0/s1. The molecule has 3 amide bonds. The Labute approximate surface area is 214 Å². The first-order chi connectivity index (χ1) is 16.6. The summed E-state index contributed by atoms with van der Waals surface area (Å²) in [4.78, 5) is 42.5. The van der Waals surface area contributed by atoms with E-state index in [1.165, 1.54) is 30.4 Å². The van der Waals surface area contributed by atoms with Gasteiger partial charge in [-0.15, -0.1) is 11.3 Å². The number of carbonyl (C=O) groups is 3. The number of aryl methyl sites for hydroxylation is 1. The molecular weight excluding hydrogens is 520 g/mol. The van der Waals surface area contributed by atoms with E-state index in [-0.39, 0.29) is 37.1 Å². The molecule has 35 heavy (non-hydrogen) atoms. The molecular formula is C21H31ClN4O7S2. The number of carbonyl (C=O) groups excluding carboxylic acids is 3. The number of methoxy groups -OCH3 is 1. The first kappa shape index (κ1) is 27.8. The predicted molar refractivity (Wildman–Crippen MR) is 131 cm³/mol. The molecule has 1 N–H and O–H groups in total. The van der Waals surface area contributed by atoms with Crippen LogP contribution < -0.4 is 5.32 Å². The Hall–Kier alpha value is -1.77. The average molecular weight is 551 g/mol. The van der Waals surface area contributed by atoms with Crippen LogP contribution in [-0.4, -0.2) is 118 Å². The molecule has 0 spiro atoms. The van der Waals surface area contributed by atoms with Crippen LogP contribution in [0, 0.1) is 0 Å². The SMILES string of the molecule is COC[C@@H](C(=O)N1CCOCC1)N1CC[C@H](NCC(=O)N(C)S(=O)(=O)CCc2ccc(Cl)s2)C1=O. The minimum absolute atomic E-state index is 0.0595. The highest BCUT2D eigenvalue weighted by Crippen LogP contribution is 2.22. The smallest absolute Gasteiger partial charge is 0.249 e. The van der Waals surface area contributed by atoms with Gasteiger partial charge < -0.3 is 19.3 Å². The van der Waals surface area contributed by atoms with Gasteiger partial charge in [0.1, 0.15) is 6.04 Å². The summed E-state index contributed by atoms with van der Waals surface area (Å²) in [5, 5.41) is 2.86. The van der Waals surface area contributed by atoms with Gasteiger partial charge in [0.15, 0.2) is 0 Å². The summed E-state index contributed by atoms with van der Waals surface area (Å²) >= 11 is 7.17. The van der Waals surface area contributed by atoms with E-state index in [4.69, 9.17) is 21.1 Å². The fourth-order valence-corrected chi connectivity index (χ4v) is 6.32. The molecule has 11 nitrogen and oxygen atoms in total. The van der Waals surface area contributed by atoms with Gasteiger partial charge in [-0.05, 0) is 25.0 Å². The van der Waals surface area contributed by atoms with Crippen molar-refractivity contribution in [2.24, 2.45) is 0 Å². The molecule has 3 rings (SSSR count). The van der Waals surface area contributed by atoms with E-state index in [9.17, 15) is 22.8 Å². The third-order valence-corrected chi connectivity index (χ3v) is 9.10. The predicted octanol–water partition coefficient (Wildman–Crippen LogP) is -0.203. The average Bonchev–Trinajstić information content (AvgIpc) is 3.44. The molecule has 2 aliphatic heterocycles. The van der Waals surface area contributed by atoms with Crippen LogP contribution in [0.3, 0.4) is 0 Å². The highest BCUT2D eigenvalue weighted by atomic mass is 35.5. The minimum Gasteiger partial charge on any atom is -0.382 e. The van der Waals surface area contributed by atoms with Gasteiger partial charge in [0, 0.05) is 38.7 Å². The molecule has 2 saturated heterocycles. The molecule has 0 aliphatic carbocycles. The normalized spacial score (nSPS) is 19.7. The molecule has 14 heteroatoms. The monoisotopic (exact) mass is 550 g/mol. The van der Waals surface area contributed by atoms with Gasteiger partial charge >= 0.3 is 0 Å². The number of nitrogens with zero attached hydrogens (tertiary/aromatic N) is 3. The molecule has 0 radical (unpaired) electrons. The van der Waals surface area contributed by atoms with E-state index < -0.39 is 28.0 Å². The second-order valence-corrected chi connectivity index (χ2v) is 12.2. The zero-order chi connectivity index (χ0) is 25.6. The van der Waals surface area contributed by atoms with Gasteiger partial charge in [-0.2, -0.15) is 0 Å². The molecule has 0 saturated carbocycles. The van der Waals surface area contributed by atoms with Crippen molar-refractivity contribution in [1.29, 1.82) is 0 Å². The summed E-state index contributed by atoms with van der Waals surface area (Å²) in [6.07, 6.45) is 0.636. The Balaban J connectivity index is 1.53. The summed E-state index contributed by atoms with van der Waals surface area (Å²) < 4.78 is 36.9. The molecule has 0 unspecified atom stereocenters. The molecule has 0 bridgehead atoms. The van der Waals surface area contributed by atoms with Crippen LogP contribution in [0.15, 0.2) is 12.1 Å². The number of morpholine rings is 1. The number of ether oxygens (including phenoxy) is 2. The van der Waals surface area contributed by atoms with Crippen LogP contribution in [0.4, 0.5) is 0 Å². The number of thiophene rings is 1. The van der Waals surface area contributed by atoms with E-state index in [2.05, 4.69) is 5.32 Å². The molecule has 1 aromatic heterocycles. The van der Waals surface area contributed by atoms with E-state index in [0.717, 1.165) is 4.88 Å². The summed E-state index contributed by atoms with van der Waals surface area (Å²) in [6, 6.07) is 1.99. The van der Waals surface area contributed by atoms with Crippen LogP contribution in [0.25, 0.3) is 0 Å². The lowest BCUT2D eigenvalue weighted by Gasteiger charge is -2.34. The van der Waals surface area contributed by atoms with Crippen LogP contribution in [0.5, 0.6) is 0 Å². The highest BCUT2D eigenvalue weighted by molar-refractivity contribution is 7.89. The lowest BCUT2D eigenvalue weighted by molar-refractivity contribution is -0.149.